The maximum atomic E-state index is 13.8. The Balaban J connectivity index is 1.85. The lowest BCUT2D eigenvalue weighted by Crippen LogP contribution is -2.31. The molecule has 0 spiro atoms. The van der Waals surface area contributed by atoms with Crippen LogP contribution in [0.15, 0.2) is 71.0 Å². The summed E-state index contributed by atoms with van der Waals surface area (Å²) in [7, 11) is 3.34. The van der Waals surface area contributed by atoms with Crippen LogP contribution in [0.3, 0.4) is 0 Å². The first-order valence-electron chi connectivity index (χ1n) is 12.4. The van der Waals surface area contributed by atoms with Gasteiger partial charge in [0.05, 0.1) is 19.8 Å². The Kier molecular flexibility index (Phi) is 5.08. The molecule has 1 heterocycles. The van der Waals surface area contributed by atoms with Crippen LogP contribution in [0.5, 0.6) is 11.5 Å². The van der Waals surface area contributed by atoms with Gasteiger partial charge in [-0.1, -0.05) is 65.8 Å². The molecule has 0 unspecified atom stereocenters. The van der Waals surface area contributed by atoms with Crippen molar-refractivity contribution in [3.05, 3.63) is 82.1 Å². The van der Waals surface area contributed by atoms with Crippen LogP contribution in [0.1, 0.15) is 65.5 Å². The molecule has 1 fully saturated rings. The van der Waals surface area contributed by atoms with Gasteiger partial charge in [-0.3, -0.25) is 4.79 Å². The van der Waals surface area contributed by atoms with Crippen molar-refractivity contribution in [1.29, 1.82) is 0 Å². The van der Waals surface area contributed by atoms with E-state index in [-0.39, 0.29) is 22.0 Å². The predicted octanol–water partition coefficient (Wildman–Crippen LogP) is 6.98. The normalized spacial score (nSPS) is 23.0. The van der Waals surface area contributed by atoms with E-state index < -0.39 is 5.60 Å². The zero-order valence-electron chi connectivity index (χ0n) is 22.2. The summed E-state index contributed by atoms with van der Waals surface area (Å²) in [6, 6.07) is 16.2. The number of ketones is 1. The third-order valence-electron chi connectivity index (χ3n) is 8.71. The van der Waals surface area contributed by atoms with Gasteiger partial charge in [0.25, 0.3) is 0 Å². The van der Waals surface area contributed by atoms with E-state index in [4.69, 9.17) is 14.2 Å². The van der Waals surface area contributed by atoms with Gasteiger partial charge in [-0.15, -0.1) is 0 Å². The lowest BCUT2D eigenvalue weighted by atomic mass is 9.71. The smallest absolute Gasteiger partial charge is 0.184 e. The summed E-state index contributed by atoms with van der Waals surface area (Å²) in [5, 5.41) is 0. The number of methoxy groups -OCH3 is 2. The van der Waals surface area contributed by atoms with Crippen molar-refractivity contribution in [3.63, 3.8) is 0 Å². The fourth-order valence-electron chi connectivity index (χ4n) is 6.22. The molecular weight excluding hydrogens is 436 g/mol. The highest BCUT2D eigenvalue weighted by molar-refractivity contribution is 6.04. The second-order valence-electron chi connectivity index (χ2n) is 12.0. The van der Waals surface area contributed by atoms with Crippen LogP contribution in [0.4, 0.5) is 0 Å². The van der Waals surface area contributed by atoms with Crippen molar-refractivity contribution in [2.75, 3.05) is 14.2 Å². The number of ether oxygens (including phenoxy) is 3. The number of carbonyl (C=O) groups excluding carboxylic acids is 1. The number of hydrogen-bond acceptors (Lipinski definition) is 4. The van der Waals surface area contributed by atoms with Crippen molar-refractivity contribution < 1.29 is 19.0 Å². The molecule has 35 heavy (non-hydrogen) atoms. The molecule has 4 nitrogen and oxygen atoms in total. The molecule has 0 aromatic heterocycles. The molecule has 0 saturated heterocycles. The molecule has 2 aromatic rings. The van der Waals surface area contributed by atoms with E-state index in [2.05, 4.69) is 65.8 Å². The van der Waals surface area contributed by atoms with Crippen LogP contribution < -0.4 is 9.47 Å². The molecule has 0 bridgehead atoms. The predicted molar refractivity (Wildman–Crippen MR) is 137 cm³/mol. The molecule has 0 radical (unpaired) electrons. The Morgan fingerprint density at radius 1 is 0.714 bits per heavy atom. The van der Waals surface area contributed by atoms with Gasteiger partial charge in [-0.05, 0) is 46.1 Å². The van der Waals surface area contributed by atoms with Gasteiger partial charge in [0.2, 0.25) is 0 Å². The van der Waals surface area contributed by atoms with Crippen LogP contribution in [-0.2, 0) is 15.1 Å². The van der Waals surface area contributed by atoms with Crippen LogP contribution in [0, 0.1) is 16.2 Å². The van der Waals surface area contributed by atoms with Gasteiger partial charge in [-0.2, -0.15) is 0 Å². The summed E-state index contributed by atoms with van der Waals surface area (Å²) in [6.07, 6.45) is 1.26. The zero-order valence-corrected chi connectivity index (χ0v) is 22.2. The first-order valence-corrected chi connectivity index (χ1v) is 12.4. The Bertz CT molecular complexity index is 1190. The number of carbonyl (C=O) groups is 1. The van der Waals surface area contributed by atoms with Crippen molar-refractivity contribution in [3.8, 4) is 11.5 Å². The first-order chi connectivity index (χ1) is 16.4. The summed E-state index contributed by atoms with van der Waals surface area (Å²) in [5.74, 6) is 2.57. The molecule has 1 saturated carbocycles. The molecule has 2 aromatic carbocycles. The monoisotopic (exact) mass is 472 g/mol. The quantitative estimate of drug-likeness (QED) is 0.481. The second-order valence-corrected chi connectivity index (χ2v) is 12.0. The number of rotatable bonds is 4. The van der Waals surface area contributed by atoms with Gasteiger partial charge in [0.15, 0.2) is 11.4 Å². The maximum Gasteiger partial charge on any atom is 0.184 e. The number of Topliss-reactive ketones (excluding diaryl/α,β-unsaturated/α-hetero) is 1. The molecule has 184 valence electrons. The number of allylic oxidation sites excluding steroid dienone is 2. The lowest BCUT2D eigenvalue weighted by Gasteiger charge is -2.34. The average molecular weight is 473 g/mol. The van der Waals surface area contributed by atoms with Crippen molar-refractivity contribution in [1.82, 2.24) is 0 Å². The molecule has 1 aliphatic heterocycles. The Labute approximate surface area is 209 Å². The average Bonchev–Trinajstić information content (AvgIpc) is 3.04. The number of hydrogen-bond donors (Lipinski definition) is 0. The number of benzene rings is 2. The second kappa shape index (κ2) is 7.49. The largest absolute Gasteiger partial charge is 0.497 e. The lowest BCUT2D eigenvalue weighted by molar-refractivity contribution is -0.118. The Morgan fingerprint density at radius 2 is 1.17 bits per heavy atom. The molecule has 0 N–H and O–H groups in total. The van der Waals surface area contributed by atoms with Crippen LogP contribution in [0.2, 0.25) is 0 Å². The van der Waals surface area contributed by atoms with Crippen LogP contribution in [-0.4, -0.2) is 20.0 Å². The fourth-order valence-corrected chi connectivity index (χ4v) is 6.22. The molecule has 2 aliphatic carbocycles. The van der Waals surface area contributed by atoms with Crippen molar-refractivity contribution in [2.24, 2.45) is 16.2 Å². The highest BCUT2D eigenvalue weighted by atomic mass is 16.5. The molecule has 0 atom stereocenters. The third kappa shape index (κ3) is 3.29. The minimum atomic E-state index is -0.917. The van der Waals surface area contributed by atoms with Crippen LogP contribution in [0.25, 0.3) is 0 Å². The Hall–Kier alpha value is -3.01. The van der Waals surface area contributed by atoms with E-state index in [0.717, 1.165) is 46.0 Å². The van der Waals surface area contributed by atoms with E-state index in [9.17, 15) is 4.79 Å². The molecule has 5 rings (SSSR count). The minimum absolute atomic E-state index is 0.0500. The minimum Gasteiger partial charge on any atom is -0.497 e. The van der Waals surface area contributed by atoms with Gasteiger partial charge in [0, 0.05) is 29.5 Å². The van der Waals surface area contributed by atoms with Gasteiger partial charge in [0.1, 0.15) is 17.3 Å². The summed E-state index contributed by atoms with van der Waals surface area (Å²) >= 11 is 0. The van der Waals surface area contributed by atoms with Crippen LogP contribution >= 0.6 is 0 Å². The van der Waals surface area contributed by atoms with Gasteiger partial charge in [-0.25, -0.2) is 0 Å². The molecular formula is C31H36O4. The van der Waals surface area contributed by atoms with E-state index in [1.807, 2.05) is 24.3 Å². The highest BCUT2D eigenvalue weighted by Gasteiger charge is 2.66. The van der Waals surface area contributed by atoms with E-state index in [1.54, 1.807) is 14.2 Å². The topological polar surface area (TPSA) is 44.8 Å². The maximum absolute atomic E-state index is 13.8. The van der Waals surface area contributed by atoms with Gasteiger partial charge >= 0.3 is 0 Å². The van der Waals surface area contributed by atoms with Crippen molar-refractivity contribution >= 4 is 5.78 Å². The molecule has 4 heteroatoms. The molecule has 0 amide bonds. The standard InChI is InChI=1S/C31H36O4/c1-28(2)17-23(32)25-24(18-28)35-31(19-9-13-21(33-7)14-10-19,20-11-15-22(34-8)16-12-20)26(25)27-29(3,4)30(27,5)6/h9-16H,17-18H2,1-8H3. The van der Waals surface area contributed by atoms with E-state index in [0.29, 0.717) is 6.42 Å². The summed E-state index contributed by atoms with van der Waals surface area (Å²) in [4.78, 5) is 13.8. The third-order valence-corrected chi connectivity index (χ3v) is 8.71. The highest BCUT2D eigenvalue weighted by Crippen LogP contribution is 2.73. The van der Waals surface area contributed by atoms with E-state index >= 15 is 0 Å². The summed E-state index contributed by atoms with van der Waals surface area (Å²) < 4.78 is 18.0. The molecule has 3 aliphatic rings. The Morgan fingerprint density at radius 3 is 1.57 bits per heavy atom. The summed E-state index contributed by atoms with van der Waals surface area (Å²) in [6.45, 7) is 13.4. The van der Waals surface area contributed by atoms with Crippen molar-refractivity contribution in [2.45, 2.75) is 60.0 Å². The van der Waals surface area contributed by atoms with Gasteiger partial charge < -0.3 is 14.2 Å². The van der Waals surface area contributed by atoms with E-state index in [1.165, 1.54) is 5.57 Å². The zero-order chi connectivity index (χ0) is 25.4. The summed E-state index contributed by atoms with van der Waals surface area (Å²) in [5.41, 5.74) is 3.96. The fraction of sp³-hybridized carbons (Fsp3) is 0.452. The first kappa shape index (κ1) is 23.7. The SMILES string of the molecule is COc1ccc(C2(c3ccc(OC)cc3)OC3=C(C(=O)CC(C)(C)C3)C2=C2C(C)(C)C2(C)C)cc1.